The third-order valence-electron chi connectivity index (χ3n) is 2.46. The van der Waals surface area contributed by atoms with Crippen molar-refractivity contribution in [3.63, 3.8) is 0 Å². The van der Waals surface area contributed by atoms with Crippen molar-refractivity contribution < 1.29 is 17.1 Å². The van der Waals surface area contributed by atoms with Crippen LogP contribution in [0.25, 0.3) is 0 Å². The Bertz CT molecular complexity index is 495. The van der Waals surface area contributed by atoms with Gasteiger partial charge in [-0.3, -0.25) is 0 Å². The van der Waals surface area contributed by atoms with Crippen LogP contribution in [0, 0.1) is 24.3 Å². The fourth-order valence-electron chi connectivity index (χ4n) is 1.55. The van der Waals surface area contributed by atoms with Gasteiger partial charge in [0.25, 0.3) is 0 Å². The van der Waals surface area contributed by atoms with E-state index in [1.165, 1.54) is 11.1 Å². The van der Waals surface area contributed by atoms with E-state index in [1.807, 2.05) is 11.8 Å². The summed E-state index contributed by atoms with van der Waals surface area (Å²) in [5, 5.41) is 0. The molecule has 0 bridgehead atoms. The summed E-state index contributed by atoms with van der Waals surface area (Å²) in [7, 11) is 0. The van der Waals surface area contributed by atoms with Crippen molar-refractivity contribution in [3.8, 4) is 0 Å². The molecule has 0 spiro atoms. The molecular formula is C18H14FeS-6. The monoisotopic (exact) mass is 318 g/mol. The standard InChI is InChI=1S/C13H13S.C5H.Fe/c1-2-6-12(7-3-1)10-14-11-13-8-4-5-9-13;1-2-4-5-3-1;/h1-9H,10-11H2;1H;/q-1;-5;. The van der Waals surface area contributed by atoms with E-state index in [0.717, 1.165) is 11.5 Å². The van der Waals surface area contributed by atoms with Crippen LogP contribution in [0.1, 0.15) is 11.1 Å². The molecule has 3 aromatic rings. The molecule has 0 aliphatic carbocycles. The molecule has 0 N–H and O–H groups in total. The zero-order valence-electron chi connectivity index (χ0n) is 10.9. The zero-order chi connectivity index (χ0) is 13.2. The fraction of sp³-hybridized carbons (Fsp3) is 0.111. The van der Waals surface area contributed by atoms with Gasteiger partial charge in [0.05, 0.1) is 0 Å². The van der Waals surface area contributed by atoms with Gasteiger partial charge in [-0.15, -0.1) is 5.56 Å². The summed E-state index contributed by atoms with van der Waals surface area (Å²) in [6.07, 6.45) is 0. The predicted molar refractivity (Wildman–Crippen MR) is 80.9 cm³/mol. The van der Waals surface area contributed by atoms with E-state index in [1.54, 1.807) is 6.07 Å². The number of hydrogen-bond acceptors (Lipinski definition) is 1. The van der Waals surface area contributed by atoms with Crippen LogP contribution < -0.4 is 0 Å². The summed E-state index contributed by atoms with van der Waals surface area (Å²) in [6, 6.07) is 31.2. The third-order valence-corrected chi connectivity index (χ3v) is 3.54. The molecule has 0 unspecified atom stereocenters. The van der Waals surface area contributed by atoms with Crippen molar-refractivity contribution >= 4 is 11.8 Å². The Morgan fingerprint density at radius 1 is 0.950 bits per heavy atom. The van der Waals surface area contributed by atoms with Crippen LogP contribution in [-0.4, -0.2) is 0 Å². The van der Waals surface area contributed by atoms with Crippen LogP contribution in [0.3, 0.4) is 0 Å². The summed E-state index contributed by atoms with van der Waals surface area (Å²) in [5.74, 6) is 2.22. The van der Waals surface area contributed by atoms with E-state index in [-0.39, 0.29) is 17.1 Å². The Balaban J connectivity index is 0.000000283. The normalized spacial score (nSPS) is 9.20. The van der Waals surface area contributed by atoms with Crippen LogP contribution in [0.2, 0.25) is 0 Å². The summed E-state index contributed by atoms with van der Waals surface area (Å²) >= 11 is 1.96. The van der Waals surface area contributed by atoms with Crippen molar-refractivity contribution in [1.29, 1.82) is 0 Å². The fourth-order valence-corrected chi connectivity index (χ4v) is 2.51. The van der Waals surface area contributed by atoms with Gasteiger partial charge in [-0.1, -0.05) is 30.3 Å². The molecule has 0 aliphatic heterocycles. The number of rotatable bonds is 4. The Morgan fingerprint density at radius 3 is 2.15 bits per heavy atom. The van der Waals surface area contributed by atoms with Gasteiger partial charge in [0.2, 0.25) is 0 Å². The predicted octanol–water partition coefficient (Wildman–Crippen LogP) is 4.44. The molecule has 106 valence electrons. The van der Waals surface area contributed by atoms with Crippen LogP contribution >= 0.6 is 11.8 Å². The second-order valence-corrected chi connectivity index (χ2v) is 4.94. The second-order valence-electron chi connectivity index (χ2n) is 3.95. The average Bonchev–Trinajstić information content (AvgIpc) is 3.16. The molecule has 0 aromatic heterocycles. The first-order valence-electron chi connectivity index (χ1n) is 6.10. The molecule has 0 aliphatic rings. The molecule has 3 rings (SSSR count). The van der Waals surface area contributed by atoms with Gasteiger partial charge in [0.1, 0.15) is 0 Å². The maximum Gasteiger partial charge on any atom is 0.0177 e. The van der Waals surface area contributed by atoms with Gasteiger partial charge < -0.3 is 30.3 Å². The van der Waals surface area contributed by atoms with E-state index < -0.39 is 0 Å². The number of hydrogen-bond donors (Lipinski definition) is 0. The molecule has 0 heterocycles. The number of benzene rings is 1. The summed E-state index contributed by atoms with van der Waals surface area (Å²) in [6.45, 7) is 0. The molecule has 0 fully saturated rings. The van der Waals surface area contributed by atoms with Crippen LogP contribution in [0.4, 0.5) is 0 Å². The maximum atomic E-state index is 2.62. The van der Waals surface area contributed by atoms with Crippen molar-refractivity contribution in [3.05, 3.63) is 96.1 Å². The quantitative estimate of drug-likeness (QED) is 0.506. The van der Waals surface area contributed by atoms with Crippen molar-refractivity contribution in [2.24, 2.45) is 0 Å². The van der Waals surface area contributed by atoms with Crippen LogP contribution in [0.5, 0.6) is 0 Å². The van der Waals surface area contributed by atoms with E-state index in [4.69, 9.17) is 0 Å². The zero-order valence-corrected chi connectivity index (χ0v) is 12.9. The molecule has 0 nitrogen and oxygen atoms in total. The molecule has 0 atom stereocenters. The summed E-state index contributed by atoms with van der Waals surface area (Å²) in [5.41, 5.74) is 2.83. The minimum Gasteiger partial charge on any atom is -0.999 e. The van der Waals surface area contributed by atoms with Gasteiger partial charge in [-0.25, -0.2) is 12.1 Å². The van der Waals surface area contributed by atoms with Crippen molar-refractivity contribution in [2.45, 2.75) is 11.5 Å². The van der Waals surface area contributed by atoms with Gasteiger partial charge >= 0.3 is 0 Å². The van der Waals surface area contributed by atoms with Gasteiger partial charge in [0, 0.05) is 22.8 Å². The molecule has 2 heteroatoms. The third kappa shape index (κ3) is 6.81. The largest absolute Gasteiger partial charge is 0.999 e. The minimum atomic E-state index is 0. The van der Waals surface area contributed by atoms with E-state index >= 15 is 0 Å². The van der Waals surface area contributed by atoms with Gasteiger partial charge in [-0.05, 0) is 11.3 Å². The Morgan fingerprint density at radius 2 is 1.60 bits per heavy atom. The topological polar surface area (TPSA) is 0 Å². The van der Waals surface area contributed by atoms with E-state index in [2.05, 4.69) is 78.9 Å². The Kier molecular flexibility index (Phi) is 8.89. The molecule has 0 radical (unpaired) electrons. The first kappa shape index (κ1) is 16.8. The minimum absolute atomic E-state index is 0. The summed E-state index contributed by atoms with van der Waals surface area (Å²) < 4.78 is 0. The maximum absolute atomic E-state index is 2.62. The van der Waals surface area contributed by atoms with E-state index in [0.29, 0.717) is 0 Å². The van der Waals surface area contributed by atoms with Crippen molar-refractivity contribution in [1.82, 2.24) is 0 Å². The van der Waals surface area contributed by atoms with Gasteiger partial charge in [-0.2, -0.15) is 23.9 Å². The number of thioether (sulfide) groups is 1. The van der Waals surface area contributed by atoms with E-state index in [9.17, 15) is 0 Å². The SMILES string of the molecule is [Fe].[c-]1[c-][c-][cH-][c-]1.c1ccc(CSC[c-]2cccc2)cc1. The Labute approximate surface area is 136 Å². The Hall–Kier alpha value is -1.21. The summed E-state index contributed by atoms with van der Waals surface area (Å²) in [4.78, 5) is 0. The van der Waals surface area contributed by atoms with Crippen LogP contribution in [-0.2, 0) is 28.6 Å². The molecule has 0 saturated heterocycles. The second kappa shape index (κ2) is 10.6. The van der Waals surface area contributed by atoms with Gasteiger partial charge in [0.15, 0.2) is 0 Å². The molecule has 20 heavy (non-hydrogen) atoms. The molecule has 0 saturated carbocycles. The first-order valence-corrected chi connectivity index (χ1v) is 7.25. The average molecular weight is 318 g/mol. The van der Waals surface area contributed by atoms with Crippen LogP contribution in [0.15, 0.2) is 60.7 Å². The molecule has 3 aromatic carbocycles. The smallest absolute Gasteiger partial charge is 0.0177 e. The van der Waals surface area contributed by atoms with Crippen molar-refractivity contribution in [2.75, 3.05) is 0 Å². The molecular weight excluding hydrogens is 304 g/mol. The first-order chi connectivity index (χ1) is 9.45. The molecule has 0 amide bonds.